The van der Waals surface area contributed by atoms with E-state index in [2.05, 4.69) is 20.6 Å². The van der Waals surface area contributed by atoms with E-state index in [1.54, 1.807) is 13.3 Å². The number of benzene rings is 1. The highest BCUT2D eigenvalue weighted by molar-refractivity contribution is 5.92. The molecule has 27 heavy (non-hydrogen) atoms. The average molecular weight is 372 g/mol. The van der Waals surface area contributed by atoms with E-state index in [0.29, 0.717) is 12.4 Å². The Hall–Kier alpha value is -2.67. The second-order valence-corrected chi connectivity index (χ2v) is 7.12. The van der Waals surface area contributed by atoms with Gasteiger partial charge in [-0.1, -0.05) is 12.1 Å². The highest BCUT2D eigenvalue weighted by Crippen LogP contribution is 2.18. The molecule has 2 aromatic rings. The number of hydrogen-bond acceptors (Lipinski definition) is 7. The van der Waals surface area contributed by atoms with Gasteiger partial charge in [-0.25, -0.2) is 14.8 Å². The molecule has 0 radical (unpaired) electrons. The van der Waals surface area contributed by atoms with Crippen LogP contribution >= 0.6 is 0 Å². The van der Waals surface area contributed by atoms with Crippen molar-refractivity contribution >= 4 is 11.8 Å². The molecule has 0 aliphatic rings. The Labute approximate surface area is 160 Å². The largest absolute Gasteiger partial charge is 0.497 e. The van der Waals surface area contributed by atoms with Crippen LogP contribution in [0.4, 0.5) is 5.82 Å². The minimum Gasteiger partial charge on any atom is -0.497 e. The summed E-state index contributed by atoms with van der Waals surface area (Å²) < 4.78 is 10.6. The molecule has 146 valence electrons. The molecule has 2 rings (SSSR count). The summed E-state index contributed by atoms with van der Waals surface area (Å²) in [5.41, 5.74) is 1.42. The number of nitrogens with zero attached hydrogens (tertiary/aromatic N) is 2. The van der Waals surface area contributed by atoms with Gasteiger partial charge in [-0.2, -0.15) is 0 Å². The second kappa shape index (κ2) is 9.32. The highest BCUT2D eigenvalue weighted by Gasteiger charge is 2.23. The van der Waals surface area contributed by atoms with Crippen LogP contribution in [0.15, 0.2) is 30.5 Å². The van der Waals surface area contributed by atoms with E-state index >= 15 is 0 Å². The van der Waals surface area contributed by atoms with Gasteiger partial charge in [0.15, 0.2) is 11.5 Å². The van der Waals surface area contributed by atoms with E-state index in [1.807, 2.05) is 52.1 Å². The lowest BCUT2D eigenvalue weighted by atomic mass is 10.2. The van der Waals surface area contributed by atoms with Crippen LogP contribution < -0.4 is 15.4 Å². The van der Waals surface area contributed by atoms with Crippen LogP contribution in [0.3, 0.4) is 0 Å². The molecule has 7 heteroatoms. The van der Waals surface area contributed by atoms with Crippen LogP contribution in [0.2, 0.25) is 0 Å². The zero-order chi connectivity index (χ0) is 19.9. The van der Waals surface area contributed by atoms with Crippen molar-refractivity contribution in [1.82, 2.24) is 15.3 Å². The number of aromatic nitrogens is 2. The predicted octanol–water partition coefficient (Wildman–Crippen LogP) is 2.81. The molecule has 0 amide bonds. The van der Waals surface area contributed by atoms with Crippen molar-refractivity contribution in [2.24, 2.45) is 0 Å². The lowest BCUT2D eigenvalue weighted by molar-refractivity contribution is 0.00636. The van der Waals surface area contributed by atoms with Crippen molar-refractivity contribution in [3.05, 3.63) is 47.4 Å². The molecule has 1 heterocycles. The van der Waals surface area contributed by atoms with Gasteiger partial charge in [-0.3, -0.25) is 0 Å². The molecule has 1 aromatic carbocycles. The first-order valence-corrected chi connectivity index (χ1v) is 8.93. The smallest absolute Gasteiger partial charge is 0.361 e. The third-order valence-corrected chi connectivity index (χ3v) is 3.66. The first kappa shape index (κ1) is 20.6. The molecule has 0 bridgehead atoms. The Balaban J connectivity index is 2.21. The number of carbonyl (C=O) groups excluding carboxylic acids is 1. The summed E-state index contributed by atoms with van der Waals surface area (Å²) in [5, 5.41) is 6.30. The Bertz CT molecular complexity index is 755. The highest BCUT2D eigenvalue weighted by atomic mass is 16.6. The van der Waals surface area contributed by atoms with Gasteiger partial charge in [0.1, 0.15) is 11.4 Å². The third-order valence-electron chi connectivity index (χ3n) is 3.66. The number of esters is 1. The fourth-order valence-corrected chi connectivity index (χ4v) is 2.33. The molecule has 0 unspecified atom stereocenters. The first-order chi connectivity index (χ1) is 12.8. The van der Waals surface area contributed by atoms with Gasteiger partial charge in [0.2, 0.25) is 0 Å². The Morgan fingerprint density at radius 1 is 1.19 bits per heavy atom. The zero-order valence-corrected chi connectivity index (χ0v) is 16.6. The number of likely N-dealkylation sites (N-methyl/N-ethyl adjacent to an activating group) is 1. The van der Waals surface area contributed by atoms with Crippen LogP contribution in [0.5, 0.6) is 5.75 Å². The molecule has 0 saturated carbocycles. The predicted molar refractivity (Wildman–Crippen MR) is 105 cm³/mol. The minimum atomic E-state index is -0.600. The van der Waals surface area contributed by atoms with Gasteiger partial charge >= 0.3 is 5.97 Å². The maximum Gasteiger partial charge on any atom is 0.361 e. The molecule has 1 aromatic heterocycles. The van der Waals surface area contributed by atoms with Gasteiger partial charge in [-0.05, 0) is 45.5 Å². The van der Waals surface area contributed by atoms with Gasteiger partial charge in [0.25, 0.3) is 0 Å². The standard InChI is InChI=1S/C20H28N4O3/c1-20(2,3)27-19(25)17-18(24-15(13-22-17)10-11-21-4)23-12-14-6-8-16(26-5)9-7-14/h6-9,13,21H,10-12H2,1-5H3,(H,23,24). The van der Waals surface area contributed by atoms with Crippen molar-refractivity contribution in [2.45, 2.75) is 39.3 Å². The van der Waals surface area contributed by atoms with Gasteiger partial charge in [0, 0.05) is 25.7 Å². The number of rotatable bonds is 8. The summed E-state index contributed by atoms with van der Waals surface area (Å²) >= 11 is 0. The minimum absolute atomic E-state index is 0.187. The monoisotopic (exact) mass is 372 g/mol. The number of anilines is 1. The summed E-state index contributed by atoms with van der Waals surface area (Å²) in [6.45, 7) is 6.75. The molecular formula is C20H28N4O3. The van der Waals surface area contributed by atoms with E-state index in [-0.39, 0.29) is 5.69 Å². The normalized spacial score (nSPS) is 11.1. The van der Waals surface area contributed by atoms with Crippen molar-refractivity contribution < 1.29 is 14.3 Å². The van der Waals surface area contributed by atoms with Crippen LogP contribution in [-0.4, -0.2) is 42.2 Å². The van der Waals surface area contributed by atoms with E-state index in [4.69, 9.17) is 9.47 Å². The number of carbonyl (C=O) groups is 1. The Kier molecular flexibility index (Phi) is 7.12. The second-order valence-electron chi connectivity index (χ2n) is 7.12. The Morgan fingerprint density at radius 3 is 2.48 bits per heavy atom. The molecule has 0 aliphatic carbocycles. The van der Waals surface area contributed by atoms with Crippen molar-refractivity contribution in [3.63, 3.8) is 0 Å². The van der Waals surface area contributed by atoms with Crippen LogP contribution in [0.25, 0.3) is 0 Å². The van der Waals surface area contributed by atoms with E-state index in [0.717, 1.165) is 30.0 Å². The zero-order valence-electron chi connectivity index (χ0n) is 16.6. The number of nitrogens with one attached hydrogen (secondary N) is 2. The van der Waals surface area contributed by atoms with Crippen LogP contribution in [0, 0.1) is 0 Å². The van der Waals surface area contributed by atoms with Crippen LogP contribution in [0.1, 0.15) is 42.5 Å². The van der Waals surface area contributed by atoms with Gasteiger partial charge in [-0.15, -0.1) is 0 Å². The van der Waals surface area contributed by atoms with E-state index in [1.165, 1.54) is 0 Å². The number of methoxy groups -OCH3 is 1. The maximum atomic E-state index is 12.5. The number of hydrogen-bond donors (Lipinski definition) is 2. The summed E-state index contributed by atoms with van der Waals surface area (Å²) in [7, 11) is 3.51. The third kappa shape index (κ3) is 6.53. The molecule has 0 fully saturated rings. The fourth-order valence-electron chi connectivity index (χ4n) is 2.33. The molecule has 0 saturated heterocycles. The van der Waals surface area contributed by atoms with Crippen molar-refractivity contribution in [2.75, 3.05) is 26.0 Å². The lowest BCUT2D eigenvalue weighted by Crippen LogP contribution is -2.26. The average Bonchev–Trinajstić information content (AvgIpc) is 2.63. The summed E-state index contributed by atoms with van der Waals surface area (Å²) in [6, 6.07) is 7.69. The summed E-state index contributed by atoms with van der Waals surface area (Å²) in [5.74, 6) is 0.725. The van der Waals surface area contributed by atoms with Gasteiger partial charge < -0.3 is 20.1 Å². The molecule has 0 spiro atoms. The molecule has 0 atom stereocenters. The molecule has 7 nitrogen and oxygen atoms in total. The fraction of sp³-hybridized carbons (Fsp3) is 0.450. The molecule has 2 N–H and O–H groups in total. The number of ether oxygens (including phenoxy) is 2. The summed E-state index contributed by atoms with van der Waals surface area (Å²) in [6.07, 6.45) is 2.34. The van der Waals surface area contributed by atoms with Gasteiger partial charge in [0.05, 0.1) is 12.8 Å². The molecule has 0 aliphatic heterocycles. The summed E-state index contributed by atoms with van der Waals surface area (Å²) in [4.78, 5) is 21.4. The van der Waals surface area contributed by atoms with E-state index in [9.17, 15) is 4.79 Å². The first-order valence-electron chi connectivity index (χ1n) is 8.93. The van der Waals surface area contributed by atoms with Crippen molar-refractivity contribution in [1.29, 1.82) is 0 Å². The SMILES string of the molecule is CNCCc1cnc(C(=O)OC(C)(C)C)c(NCc2ccc(OC)cc2)n1. The Morgan fingerprint density at radius 2 is 1.89 bits per heavy atom. The maximum absolute atomic E-state index is 12.5. The topological polar surface area (TPSA) is 85.4 Å². The van der Waals surface area contributed by atoms with Crippen LogP contribution in [-0.2, 0) is 17.7 Å². The van der Waals surface area contributed by atoms with Crippen molar-refractivity contribution in [3.8, 4) is 5.75 Å². The quantitative estimate of drug-likeness (QED) is 0.689. The van der Waals surface area contributed by atoms with E-state index < -0.39 is 11.6 Å². The molecular weight excluding hydrogens is 344 g/mol. The lowest BCUT2D eigenvalue weighted by Gasteiger charge is -2.20.